The number of para-hydroxylation sites is 1. The minimum absolute atomic E-state index is 0.0414. The molecule has 156 valence electrons. The van der Waals surface area contributed by atoms with Crippen LogP contribution in [0.5, 0.6) is 5.75 Å². The van der Waals surface area contributed by atoms with E-state index in [0.29, 0.717) is 31.9 Å². The Balaban J connectivity index is 1.63. The fourth-order valence-corrected chi connectivity index (χ4v) is 3.71. The predicted molar refractivity (Wildman–Crippen MR) is 114 cm³/mol. The predicted octanol–water partition coefficient (Wildman–Crippen LogP) is 4.64. The topological polar surface area (TPSA) is 63.9 Å². The molecular formula is C24H26N2O4. The van der Waals surface area contributed by atoms with E-state index in [0.717, 1.165) is 22.8 Å². The lowest BCUT2D eigenvalue weighted by atomic mass is 9.93. The van der Waals surface area contributed by atoms with E-state index < -0.39 is 5.66 Å². The maximum absolute atomic E-state index is 13.4. The minimum atomic E-state index is -0.748. The van der Waals surface area contributed by atoms with Crippen LogP contribution in [0.4, 0.5) is 5.69 Å². The Bertz CT molecular complexity index is 985. The van der Waals surface area contributed by atoms with Crippen molar-refractivity contribution < 1.29 is 18.7 Å². The number of hydrogen-bond acceptors (Lipinski definition) is 5. The van der Waals surface area contributed by atoms with Gasteiger partial charge in [-0.15, -0.1) is 0 Å². The molecule has 0 aliphatic carbocycles. The summed E-state index contributed by atoms with van der Waals surface area (Å²) >= 11 is 0. The molecule has 2 aromatic carbocycles. The SMILES string of the molecule is CCOCCOc1ccc(C2(C)Nc3ccccc3C(=O)N2Cc2ccco2)cc1. The molecule has 0 saturated heterocycles. The van der Waals surface area contributed by atoms with Crippen molar-refractivity contribution >= 4 is 11.6 Å². The Morgan fingerprint density at radius 2 is 1.83 bits per heavy atom. The average molecular weight is 406 g/mol. The van der Waals surface area contributed by atoms with Gasteiger partial charge in [-0.05, 0) is 55.8 Å². The third kappa shape index (κ3) is 3.91. The number of benzene rings is 2. The Kier molecular flexibility index (Phi) is 5.77. The zero-order valence-corrected chi connectivity index (χ0v) is 17.3. The first-order chi connectivity index (χ1) is 14.6. The molecule has 6 heteroatoms. The number of carbonyl (C=O) groups excluding carboxylic acids is 1. The first-order valence-electron chi connectivity index (χ1n) is 10.1. The van der Waals surface area contributed by atoms with Gasteiger partial charge in [0.25, 0.3) is 5.91 Å². The molecule has 30 heavy (non-hydrogen) atoms. The number of rotatable bonds is 8. The van der Waals surface area contributed by atoms with Crippen LogP contribution in [0.3, 0.4) is 0 Å². The Morgan fingerprint density at radius 1 is 1.03 bits per heavy atom. The lowest BCUT2D eigenvalue weighted by Crippen LogP contribution is -2.55. The second kappa shape index (κ2) is 8.63. The molecule has 0 fully saturated rings. The van der Waals surface area contributed by atoms with Crippen LogP contribution in [0, 0.1) is 0 Å². The van der Waals surface area contributed by atoms with Gasteiger partial charge >= 0.3 is 0 Å². The lowest BCUT2D eigenvalue weighted by Gasteiger charge is -2.46. The first-order valence-corrected chi connectivity index (χ1v) is 10.1. The molecule has 2 heterocycles. The highest BCUT2D eigenvalue weighted by Gasteiger charge is 2.42. The Hall–Kier alpha value is -3.25. The summed E-state index contributed by atoms with van der Waals surface area (Å²) in [5.74, 6) is 1.45. The molecule has 0 bridgehead atoms. The molecule has 1 aliphatic heterocycles. The number of nitrogens with zero attached hydrogens (tertiary/aromatic N) is 1. The van der Waals surface area contributed by atoms with E-state index in [1.54, 1.807) is 11.2 Å². The second-order valence-corrected chi connectivity index (χ2v) is 7.28. The van der Waals surface area contributed by atoms with E-state index in [1.807, 2.05) is 74.5 Å². The molecule has 1 aromatic heterocycles. The van der Waals surface area contributed by atoms with Crippen LogP contribution in [0.1, 0.15) is 35.5 Å². The quantitative estimate of drug-likeness (QED) is 0.553. The van der Waals surface area contributed by atoms with Crippen molar-refractivity contribution in [3.63, 3.8) is 0 Å². The van der Waals surface area contributed by atoms with Gasteiger partial charge in [-0.25, -0.2) is 0 Å². The third-order valence-corrected chi connectivity index (χ3v) is 5.33. The van der Waals surface area contributed by atoms with Crippen molar-refractivity contribution in [3.8, 4) is 5.75 Å². The van der Waals surface area contributed by atoms with Crippen LogP contribution in [0.25, 0.3) is 0 Å². The molecular weight excluding hydrogens is 380 g/mol. The summed E-state index contributed by atoms with van der Waals surface area (Å²) < 4.78 is 16.6. The molecule has 6 nitrogen and oxygen atoms in total. The average Bonchev–Trinajstić information content (AvgIpc) is 3.28. The number of hydrogen-bond donors (Lipinski definition) is 1. The maximum atomic E-state index is 13.4. The van der Waals surface area contributed by atoms with Gasteiger partial charge in [0, 0.05) is 12.3 Å². The molecule has 1 amide bonds. The Morgan fingerprint density at radius 3 is 2.57 bits per heavy atom. The van der Waals surface area contributed by atoms with Crippen molar-refractivity contribution in [2.24, 2.45) is 0 Å². The summed E-state index contributed by atoms with van der Waals surface area (Å²) in [7, 11) is 0. The van der Waals surface area contributed by atoms with Crippen LogP contribution in [0.15, 0.2) is 71.3 Å². The molecule has 1 unspecified atom stereocenters. The lowest BCUT2D eigenvalue weighted by molar-refractivity contribution is 0.0487. The highest BCUT2D eigenvalue weighted by Crippen LogP contribution is 2.39. The monoisotopic (exact) mass is 406 g/mol. The van der Waals surface area contributed by atoms with Crippen molar-refractivity contribution in [1.82, 2.24) is 4.90 Å². The van der Waals surface area contributed by atoms with Gasteiger partial charge in [0.15, 0.2) is 0 Å². The largest absolute Gasteiger partial charge is 0.491 e. The van der Waals surface area contributed by atoms with Crippen molar-refractivity contribution in [2.45, 2.75) is 26.1 Å². The minimum Gasteiger partial charge on any atom is -0.491 e. The fraction of sp³-hybridized carbons (Fsp3) is 0.292. The summed E-state index contributed by atoms with van der Waals surface area (Å²) in [6, 6.07) is 19.1. The van der Waals surface area contributed by atoms with Gasteiger partial charge in [-0.2, -0.15) is 0 Å². The van der Waals surface area contributed by atoms with Gasteiger partial charge in [-0.3, -0.25) is 4.79 Å². The van der Waals surface area contributed by atoms with Crippen LogP contribution < -0.4 is 10.1 Å². The van der Waals surface area contributed by atoms with E-state index in [9.17, 15) is 4.79 Å². The number of furan rings is 1. The summed E-state index contributed by atoms with van der Waals surface area (Å²) in [6.45, 7) is 6.05. The fourth-order valence-electron chi connectivity index (χ4n) is 3.71. The van der Waals surface area contributed by atoms with E-state index in [1.165, 1.54) is 0 Å². The number of carbonyl (C=O) groups is 1. The second-order valence-electron chi connectivity index (χ2n) is 7.28. The number of anilines is 1. The summed E-state index contributed by atoms with van der Waals surface area (Å²) in [5, 5.41) is 3.56. The van der Waals surface area contributed by atoms with Gasteiger partial charge in [0.05, 0.1) is 25.0 Å². The normalized spacial score (nSPS) is 18.1. The highest BCUT2D eigenvalue weighted by molar-refractivity contribution is 6.02. The molecule has 1 N–H and O–H groups in total. The first kappa shape index (κ1) is 20.0. The van der Waals surface area contributed by atoms with Gasteiger partial charge in [-0.1, -0.05) is 24.3 Å². The Labute approximate surface area is 176 Å². The molecule has 1 aliphatic rings. The molecule has 1 atom stereocenters. The van der Waals surface area contributed by atoms with E-state index in [-0.39, 0.29) is 5.91 Å². The van der Waals surface area contributed by atoms with Crippen molar-refractivity contribution in [2.75, 3.05) is 25.1 Å². The smallest absolute Gasteiger partial charge is 0.258 e. The van der Waals surface area contributed by atoms with Crippen molar-refractivity contribution in [3.05, 3.63) is 83.8 Å². The van der Waals surface area contributed by atoms with E-state index in [4.69, 9.17) is 13.9 Å². The van der Waals surface area contributed by atoms with Gasteiger partial charge in [0.1, 0.15) is 23.8 Å². The van der Waals surface area contributed by atoms with Crippen molar-refractivity contribution in [1.29, 1.82) is 0 Å². The molecule has 3 aromatic rings. The van der Waals surface area contributed by atoms with Crippen LogP contribution in [0.2, 0.25) is 0 Å². The standard InChI is InChI=1S/C24H26N2O4/c1-3-28-15-16-30-19-12-10-18(11-13-19)24(2)25-22-9-5-4-8-21(22)23(27)26(24)17-20-7-6-14-29-20/h4-14,25H,3,15-17H2,1-2H3. The zero-order valence-electron chi connectivity index (χ0n) is 17.3. The van der Waals surface area contributed by atoms with Gasteiger partial charge < -0.3 is 24.1 Å². The number of fused-ring (bicyclic) bond motifs is 1. The molecule has 0 saturated carbocycles. The van der Waals surface area contributed by atoms with Crippen LogP contribution in [-0.4, -0.2) is 30.6 Å². The summed E-state index contributed by atoms with van der Waals surface area (Å²) in [5.41, 5.74) is 1.67. The van der Waals surface area contributed by atoms with Crippen LogP contribution >= 0.6 is 0 Å². The number of ether oxygens (including phenoxy) is 2. The third-order valence-electron chi connectivity index (χ3n) is 5.33. The van der Waals surface area contributed by atoms with E-state index >= 15 is 0 Å². The molecule has 0 spiro atoms. The summed E-state index contributed by atoms with van der Waals surface area (Å²) in [4.78, 5) is 15.2. The molecule has 4 rings (SSSR count). The zero-order chi connectivity index (χ0) is 21.0. The number of nitrogens with one attached hydrogen (secondary N) is 1. The van der Waals surface area contributed by atoms with Gasteiger partial charge in [0.2, 0.25) is 0 Å². The van der Waals surface area contributed by atoms with E-state index in [2.05, 4.69) is 5.32 Å². The van der Waals surface area contributed by atoms with Crippen LogP contribution in [-0.2, 0) is 16.9 Å². The number of amides is 1. The summed E-state index contributed by atoms with van der Waals surface area (Å²) in [6.07, 6.45) is 1.62. The maximum Gasteiger partial charge on any atom is 0.258 e. The highest BCUT2D eigenvalue weighted by atomic mass is 16.5. The molecule has 0 radical (unpaired) electrons.